The maximum atomic E-state index is 12.6. The number of carbonyl (C=O) groups excluding carboxylic acids is 2. The number of pyridine rings is 1. The minimum atomic E-state index is -0.882. The van der Waals surface area contributed by atoms with Gasteiger partial charge in [0.15, 0.2) is 0 Å². The van der Waals surface area contributed by atoms with Gasteiger partial charge in [-0.15, -0.1) is 0 Å². The van der Waals surface area contributed by atoms with Gasteiger partial charge in [0.25, 0.3) is 0 Å². The summed E-state index contributed by atoms with van der Waals surface area (Å²) in [6, 6.07) is 19.5. The standard InChI is InChI=1S/C30H33N5O3/c1-30(2,3)22-8-10-23(11-9-22)35-24(18-27(34-35)21-5-4-16-32-19-21)12-15-28(37)33-29(38)26(31)17-20-6-13-25(36)14-7-20/h4-11,13-14,16,18-19,26,36H,12,15,17,31H2,1-3H3,(H,33,37,38)/t26-/m0/s1. The van der Waals surface area contributed by atoms with Crippen molar-refractivity contribution in [2.75, 3.05) is 0 Å². The van der Waals surface area contributed by atoms with E-state index in [0.717, 1.165) is 28.2 Å². The molecule has 2 heterocycles. The van der Waals surface area contributed by atoms with Crippen molar-refractivity contribution in [3.8, 4) is 22.7 Å². The summed E-state index contributed by atoms with van der Waals surface area (Å²) in [5, 5.41) is 16.6. The number of nitrogens with one attached hydrogen (secondary N) is 1. The highest BCUT2D eigenvalue weighted by atomic mass is 16.3. The molecule has 1 atom stereocenters. The first-order valence-electron chi connectivity index (χ1n) is 12.6. The van der Waals surface area contributed by atoms with Crippen molar-refractivity contribution >= 4 is 11.8 Å². The average Bonchev–Trinajstić information content (AvgIpc) is 3.33. The first kappa shape index (κ1) is 26.8. The van der Waals surface area contributed by atoms with Crippen LogP contribution in [0, 0.1) is 0 Å². The lowest BCUT2D eigenvalue weighted by atomic mass is 9.87. The number of hydrogen-bond donors (Lipinski definition) is 3. The molecule has 0 saturated heterocycles. The molecule has 0 radical (unpaired) electrons. The summed E-state index contributed by atoms with van der Waals surface area (Å²) in [7, 11) is 0. The van der Waals surface area contributed by atoms with Gasteiger partial charge in [0.1, 0.15) is 5.75 Å². The van der Waals surface area contributed by atoms with Crippen LogP contribution in [-0.2, 0) is 27.8 Å². The summed E-state index contributed by atoms with van der Waals surface area (Å²) in [6.45, 7) is 6.50. The van der Waals surface area contributed by atoms with Gasteiger partial charge in [-0.05, 0) is 71.8 Å². The summed E-state index contributed by atoms with van der Waals surface area (Å²) in [6.07, 6.45) is 4.18. The third-order valence-corrected chi connectivity index (χ3v) is 6.32. The summed E-state index contributed by atoms with van der Waals surface area (Å²) < 4.78 is 1.83. The van der Waals surface area contributed by atoms with Gasteiger partial charge in [-0.2, -0.15) is 5.10 Å². The summed E-state index contributed by atoms with van der Waals surface area (Å²) >= 11 is 0. The molecular weight excluding hydrogens is 478 g/mol. The lowest BCUT2D eigenvalue weighted by Gasteiger charge is -2.19. The van der Waals surface area contributed by atoms with Crippen LogP contribution in [0.2, 0.25) is 0 Å². The molecule has 0 spiro atoms. The highest BCUT2D eigenvalue weighted by molar-refractivity contribution is 5.97. The number of nitrogens with two attached hydrogens (primary N) is 1. The van der Waals surface area contributed by atoms with Crippen LogP contribution in [0.5, 0.6) is 5.75 Å². The summed E-state index contributed by atoms with van der Waals surface area (Å²) in [5.74, 6) is -0.807. The maximum absolute atomic E-state index is 12.6. The molecule has 0 bridgehead atoms. The smallest absolute Gasteiger partial charge is 0.243 e. The minimum Gasteiger partial charge on any atom is -0.508 e. The molecular formula is C30H33N5O3. The Kier molecular flexibility index (Phi) is 8.02. The van der Waals surface area contributed by atoms with E-state index in [1.54, 1.807) is 24.5 Å². The van der Waals surface area contributed by atoms with Crippen LogP contribution >= 0.6 is 0 Å². The highest BCUT2D eigenvalue weighted by Gasteiger charge is 2.19. The number of aryl methyl sites for hydroxylation is 1. The third-order valence-electron chi connectivity index (χ3n) is 6.32. The molecule has 8 nitrogen and oxygen atoms in total. The Morgan fingerprint density at radius 1 is 1.05 bits per heavy atom. The van der Waals surface area contributed by atoms with Crippen LogP contribution in [0.4, 0.5) is 0 Å². The topological polar surface area (TPSA) is 123 Å². The normalized spacial score (nSPS) is 12.2. The predicted octanol–water partition coefficient (Wildman–Crippen LogP) is 4.08. The van der Waals surface area contributed by atoms with Crippen molar-refractivity contribution in [3.05, 3.63) is 95.9 Å². The largest absolute Gasteiger partial charge is 0.508 e. The van der Waals surface area contributed by atoms with Crippen molar-refractivity contribution in [2.45, 2.75) is 51.5 Å². The van der Waals surface area contributed by atoms with Crippen molar-refractivity contribution in [3.63, 3.8) is 0 Å². The minimum absolute atomic E-state index is 0.0279. The van der Waals surface area contributed by atoms with Crippen molar-refractivity contribution in [1.82, 2.24) is 20.1 Å². The molecule has 0 aliphatic rings. The van der Waals surface area contributed by atoms with Gasteiger partial charge in [0.2, 0.25) is 11.8 Å². The number of amides is 2. The van der Waals surface area contributed by atoms with E-state index < -0.39 is 17.9 Å². The second-order valence-electron chi connectivity index (χ2n) is 10.4. The maximum Gasteiger partial charge on any atom is 0.243 e. The van der Waals surface area contributed by atoms with Gasteiger partial charge in [0.05, 0.1) is 17.4 Å². The number of hydrogen-bond acceptors (Lipinski definition) is 6. The lowest BCUT2D eigenvalue weighted by molar-refractivity contribution is -0.131. The molecule has 2 aromatic carbocycles. The molecule has 38 heavy (non-hydrogen) atoms. The zero-order valence-electron chi connectivity index (χ0n) is 21.9. The van der Waals surface area contributed by atoms with Crippen LogP contribution in [-0.4, -0.2) is 37.7 Å². The Morgan fingerprint density at radius 3 is 2.39 bits per heavy atom. The molecule has 2 aromatic heterocycles. The Bertz CT molecular complexity index is 1390. The van der Waals surface area contributed by atoms with Crippen molar-refractivity contribution in [1.29, 1.82) is 0 Å². The van der Waals surface area contributed by atoms with E-state index in [4.69, 9.17) is 10.8 Å². The lowest BCUT2D eigenvalue weighted by Crippen LogP contribution is -2.44. The number of aromatic hydroxyl groups is 1. The van der Waals surface area contributed by atoms with Crippen molar-refractivity contribution < 1.29 is 14.7 Å². The molecule has 2 amide bonds. The SMILES string of the molecule is CC(C)(C)c1ccc(-n2nc(-c3cccnc3)cc2CCC(=O)NC(=O)[C@@H](N)Cc2ccc(O)cc2)cc1. The van der Waals surface area contributed by atoms with Crippen LogP contribution in [0.15, 0.2) is 79.1 Å². The molecule has 4 rings (SSSR count). The monoisotopic (exact) mass is 511 g/mol. The van der Waals surface area contributed by atoms with E-state index in [2.05, 4.69) is 43.2 Å². The van der Waals surface area contributed by atoms with Gasteiger partial charge in [-0.3, -0.25) is 19.9 Å². The van der Waals surface area contributed by atoms with E-state index in [9.17, 15) is 14.7 Å². The molecule has 0 aliphatic carbocycles. The van der Waals surface area contributed by atoms with Gasteiger partial charge < -0.3 is 10.8 Å². The zero-order valence-corrected chi connectivity index (χ0v) is 21.9. The first-order chi connectivity index (χ1) is 18.1. The number of benzene rings is 2. The molecule has 8 heteroatoms. The molecule has 196 valence electrons. The van der Waals surface area contributed by atoms with E-state index >= 15 is 0 Å². The second-order valence-corrected chi connectivity index (χ2v) is 10.4. The number of nitrogens with zero attached hydrogens (tertiary/aromatic N) is 3. The van der Waals surface area contributed by atoms with Gasteiger partial charge in [-0.1, -0.05) is 45.0 Å². The number of phenols is 1. The Balaban J connectivity index is 1.47. The zero-order chi connectivity index (χ0) is 27.3. The summed E-state index contributed by atoms with van der Waals surface area (Å²) in [4.78, 5) is 29.3. The van der Waals surface area contributed by atoms with E-state index in [-0.39, 0.29) is 24.0 Å². The van der Waals surface area contributed by atoms with E-state index in [1.807, 2.05) is 35.0 Å². The Morgan fingerprint density at radius 2 is 1.76 bits per heavy atom. The average molecular weight is 512 g/mol. The molecule has 0 fully saturated rings. The number of rotatable bonds is 8. The van der Waals surface area contributed by atoms with Crippen LogP contribution in [0.25, 0.3) is 16.9 Å². The number of imide groups is 1. The van der Waals surface area contributed by atoms with Crippen LogP contribution in [0.3, 0.4) is 0 Å². The molecule has 4 N–H and O–H groups in total. The molecule has 0 unspecified atom stereocenters. The van der Waals surface area contributed by atoms with Gasteiger partial charge in [0, 0.05) is 30.1 Å². The van der Waals surface area contributed by atoms with E-state index in [1.165, 1.54) is 17.7 Å². The van der Waals surface area contributed by atoms with Gasteiger partial charge >= 0.3 is 0 Å². The first-order valence-corrected chi connectivity index (χ1v) is 12.6. The fourth-order valence-electron chi connectivity index (χ4n) is 4.09. The Hall–Kier alpha value is -4.30. The predicted molar refractivity (Wildman–Crippen MR) is 147 cm³/mol. The van der Waals surface area contributed by atoms with E-state index in [0.29, 0.717) is 6.42 Å². The fourth-order valence-corrected chi connectivity index (χ4v) is 4.09. The third kappa shape index (κ3) is 6.72. The molecule has 0 aliphatic heterocycles. The highest BCUT2D eigenvalue weighted by Crippen LogP contribution is 2.26. The van der Waals surface area contributed by atoms with Crippen LogP contribution in [0.1, 0.15) is 44.0 Å². The van der Waals surface area contributed by atoms with Gasteiger partial charge in [-0.25, -0.2) is 4.68 Å². The molecule has 0 saturated carbocycles. The fraction of sp³-hybridized carbons (Fsp3) is 0.267. The summed E-state index contributed by atoms with van der Waals surface area (Å²) in [5.41, 5.74) is 11.4. The van der Waals surface area contributed by atoms with Crippen molar-refractivity contribution in [2.24, 2.45) is 5.73 Å². The quantitative estimate of drug-likeness (QED) is 0.328. The number of carbonyl (C=O) groups is 2. The van der Waals surface area contributed by atoms with Crippen LogP contribution < -0.4 is 11.1 Å². The number of phenolic OH excluding ortho intramolecular Hbond substituents is 1. The second kappa shape index (κ2) is 11.4. The Labute approximate surface area is 222 Å². The number of aromatic nitrogens is 3. The molecule has 4 aromatic rings.